The Bertz CT molecular complexity index is 259. The van der Waals surface area contributed by atoms with E-state index in [2.05, 4.69) is 0 Å². The van der Waals surface area contributed by atoms with Crippen molar-refractivity contribution in [2.75, 3.05) is 0 Å². The number of carbonyl (C=O) groups is 1. The molecule has 1 rings (SSSR count). The van der Waals surface area contributed by atoms with Crippen molar-refractivity contribution in [2.24, 2.45) is 0 Å². The summed E-state index contributed by atoms with van der Waals surface area (Å²) in [5, 5.41) is 20.5. The van der Waals surface area contributed by atoms with Gasteiger partial charge >= 0.3 is 0 Å². The average Bonchev–Trinajstić information content (AvgIpc) is 1.88. The van der Waals surface area contributed by atoms with Crippen molar-refractivity contribution in [1.82, 2.24) is 0 Å². The summed E-state index contributed by atoms with van der Waals surface area (Å²) in [4.78, 5) is 10.1. The van der Waals surface area contributed by atoms with Crippen molar-refractivity contribution in [3.05, 3.63) is 35.3 Å². The van der Waals surface area contributed by atoms with E-state index in [4.69, 9.17) is 0 Å². The maximum absolute atomic E-state index is 10.4. The molecule has 0 atom stereocenters. The fraction of sp³-hybridized carbons (Fsp3) is 0. The van der Waals surface area contributed by atoms with Gasteiger partial charge in [0.25, 0.3) is 0 Å². The molecule has 4 heteroatoms. The first kappa shape index (κ1) is 6.54. The lowest BCUT2D eigenvalue weighted by molar-refractivity contribution is -0.605. The Labute approximate surface area is 56.9 Å². The molecule has 0 spiro atoms. The first-order chi connectivity index (χ1) is 4.70. The minimum Gasteiger partial charge on any atom is -0.619 e. The Morgan fingerprint density at radius 1 is 1.60 bits per heavy atom. The number of aromatic carboxylic acids is 1. The molecule has 0 radical (unpaired) electrons. The summed E-state index contributed by atoms with van der Waals surface area (Å²) in [7, 11) is 0. The first-order valence-electron chi connectivity index (χ1n) is 2.60. The summed E-state index contributed by atoms with van der Waals surface area (Å²) in [6.07, 6.45) is 2.14. The molecule has 0 aromatic carbocycles. The van der Waals surface area contributed by atoms with E-state index in [1.807, 2.05) is 0 Å². The summed E-state index contributed by atoms with van der Waals surface area (Å²) in [6, 6.07) is 2.64. The van der Waals surface area contributed by atoms with E-state index < -0.39 is 5.97 Å². The van der Waals surface area contributed by atoms with Crippen molar-refractivity contribution in [2.45, 2.75) is 0 Å². The van der Waals surface area contributed by atoms with E-state index in [1.54, 1.807) is 0 Å². The lowest BCUT2D eigenvalue weighted by Gasteiger charge is -1.99. The molecule has 0 fully saturated rings. The van der Waals surface area contributed by atoms with Gasteiger partial charge in [-0.05, 0) is 6.07 Å². The lowest BCUT2D eigenvalue weighted by Crippen LogP contribution is -2.30. The maximum Gasteiger partial charge on any atom is 0.189 e. The number of hydrogen-bond donors (Lipinski definition) is 0. The first-order valence-corrected chi connectivity index (χ1v) is 2.60. The van der Waals surface area contributed by atoms with Gasteiger partial charge in [-0.3, -0.25) is 0 Å². The molecule has 1 aromatic rings. The zero-order valence-corrected chi connectivity index (χ0v) is 4.98. The van der Waals surface area contributed by atoms with Crippen molar-refractivity contribution in [3.63, 3.8) is 0 Å². The average molecular weight is 138 g/mol. The van der Waals surface area contributed by atoms with Gasteiger partial charge in [-0.15, -0.1) is 0 Å². The highest BCUT2D eigenvalue weighted by molar-refractivity contribution is 5.84. The van der Waals surface area contributed by atoms with Crippen molar-refractivity contribution < 1.29 is 14.6 Å². The number of aromatic nitrogens is 1. The van der Waals surface area contributed by atoms with Crippen molar-refractivity contribution >= 4 is 5.97 Å². The Hall–Kier alpha value is -1.58. The number of hydrogen-bond acceptors (Lipinski definition) is 3. The van der Waals surface area contributed by atoms with Gasteiger partial charge in [0.15, 0.2) is 12.4 Å². The van der Waals surface area contributed by atoms with Crippen LogP contribution >= 0.6 is 0 Å². The summed E-state index contributed by atoms with van der Waals surface area (Å²) < 4.78 is 0.408. The van der Waals surface area contributed by atoms with Crippen molar-refractivity contribution in [1.29, 1.82) is 0 Å². The fourth-order valence-electron chi connectivity index (χ4n) is 0.575. The van der Waals surface area contributed by atoms with Gasteiger partial charge in [0.2, 0.25) is 0 Å². The monoisotopic (exact) mass is 138 g/mol. The highest BCUT2D eigenvalue weighted by atomic mass is 16.5. The van der Waals surface area contributed by atoms with Crippen LogP contribution in [0.3, 0.4) is 0 Å². The molecule has 0 aliphatic heterocycles. The molecule has 0 aliphatic rings. The third kappa shape index (κ3) is 1.22. The smallest absolute Gasteiger partial charge is 0.189 e. The van der Waals surface area contributed by atoms with Gasteiger partial charge in [0.05, 0.1) is 11.5 Å². The molecule has 0 aliphatic carbocycles. The molecular formula is C6H4NO3-. The second-order valence-corrected chi connectivity index (χ2v) is 1.74. The highest BCUT2D eigenvalue weighted by Gasteiger charge is 1.95. The number of carbonyl (C=O) groups excluding carboxylic acids is 1. The predicted molar refractivity (Wildman–Crippen MR) is 29.7 cm³/mol. The highest BCUT2D eigenvalue weighted by Crippen LogP contribution is 1.89. The molecule has 0 N–H and O–H groups in total. The number of pyridine rings is 1. The van der Waals surface area contributed by atoms with E-state index in [1.165, 1.54) is 18.3 Å². The van der Waals surface area contributed by atoms with Crippen LogP contribution < -0.4 is 9.84 Å². The predicted octanol–water partition coefficient (Wildman–Crippen LogP) is -1.32. The van der Waals surface area contributed by atoms with Crippen LogP contribution in [-0.2, 0) is 0 Å². The van der Waals surface area contributed by atoms with Crippen LogP contribution in [0.15, 0.2) is 24.5 Å². The van der Waals surface area contributed by atoms with E-state index in [-0.39, 0.29) is 5.56 Å². The fourth-order valence-corrected chi connectivity index (χ4v) is 0.575. The quantitative estimate of drug-likeness (QED) is 0.357. The second-order valence-electron chi connectivity index (χ2n) is 1.74. The Balaban J connectivity index is 3.07. The topological polar surface area (TPSA) is 67.1 Å². The van der Waals surface area contributed by atoms with Gasteiger partial charge in [-0.1, -0.05) is 0 Å². The normalized spacial score (nSPS) is 9.20. The Morgan fingerprint density at radius 3 is 2.70 bits per heavy atom. The van der Waals surface area contributed by atoms with Crippen LogP contribution in [0.25, 0.3) is 0 Å². The largest absolute Gasteiger partial charge is 0.619 e. The minimum atomic E-state index is -1.34. The molecular weight excluding hydrogens is 134 g/mol. The van der Waals surface area contributed by atoms with Crippen LogP contribution in [0, 0.1) is 5.21 Å². The van der Waals surface area contributed by atoms with Gasteiger partial charge in [0.1, 0.15) is 0 Å². The molecule has 0 amide bonds. The van der Waals surface area contributed by atoms with Crippen LogP contribution in [0.1, 0.15) is 10.4 Å². The van der Waals surface area contributed by atoms with E-state index in [9.17, 15) is 15.1 Å². The standard InChI is InChI=1S/C6H5NO3/c8-6(9)5-2-1-3-7(10)4-5/h1-4H,(H,8,9)/p-1. The van der Waals surface area contributed by atoms with E-state index >= 15 is 0 Å². The van der Waals surface area contributed by atoms with Gasteiger partial charge < -0.3 is 15.1 Å². The summed E-state index contributed by atoms with van der Waals surface area (Å²) >= 11 is 0. The maximum atomic E-state index is 10.4. The molecule has 1 aromatic heterocycles. The lowest BCUT2D eigenvalue weighted by atomic mass is 10.3. The summed E-state index contributed by atoms with van der Waals surface area (Å²) in [5.41, 5.74) is -0.113. The molecule has 0 saturated carbocycles. The van der Waals surface area contributed by atoms with E-state index in [0.29, 0.717) is 4.73 Å². The number of carboxylic acid groups (broad SMARTS) is 1. The molecule has 52 valence electrons. The third-order valence-corrected chi connectivity index (χ3v) is 1.01. The Morgan fingerprint density at radius 2 is 2.30 bits per heavy atom. The van der Waals surface area contributed by atoms with Crippen LogP contribution in [0.4, 0.5) is 0 Å². The van der Waals surface area contributed by atoms with E-state index in [0.717, 1.165) is 6.20 Å². The molecule has 4 nitrogen and oxygen atoms in total. The molecule has 0 bridgehead atoms. The summed E-state index contributed by atoms with van der Waals surface area (Å²) in [6.45, 7) is 0. The number of rotatable bonds is 1. The number of carboxylic acids is 1. The van der Waals surface area contributed by atoms with Crippen LogP contribution in [0.2, 0.25) is 0 Å². The molecule has 1 heterocycles. The third-order valence-electron chi connectivity index (χ3n) is 1.01. The SMILES string of the molecule is O=C([O-])c1ccc[n+]([O-])c1. The van der Waals surface area contributed by atoms with Crippen LogP contribution in [0.5, 0.6) is 0 Å². The molecule has 0 saturated heterocycles. The second kappa shape index (κ2) is 2.34. The van der Waals surface area contributed by atoms with Gasteiger partial charge in [-0.2, -0.15) is 4.73 Å². The van der Waals surface area contributed by atoms with Crippen LogP contribution in [-0.4, -0.2) is 5.97 Å². The zero-order valence-electron chi connectivity index (χ0n) is 4.98. The zero-order chi connectivity index (χ0) is 7.56. The summed E-state index contributed by atoms with van der Waals surface area (Å²) in [5.74, 6) is -1.34. The Kier molecular flexibility index (Phi) is 1.53. The molecule has 0 unspecified atom stereocenters. The van der Waals surface area contributed by atoms with Gasteiger partial charge in [0, 0.05) is 6.07 Å². The van der Waals surface area contributed by atoms with Crippen molar-refractivity contribution in [3.8, 4) is 0 Å². The number of nitrogens with zero attached hydrogens (tertiary/aromatic N) is 1. The minimum absolute atomic E-state index is 0.113. The molecule has 10 heavy (non-hydrogen) atoms. The van der Waals surface area contributed by atoms with Gasteiger partial charge in [-0.25, -0.2) is 0 Å².